The highest BCUT2D eigenvalue weighted by Gasteiger charge is 2.19. The number of hydrogen-bond acceptors (Lipinski definition) is 6. The molecule has 0 rings (SSSR count). The predicted octanol–water partition coefficient (Wildman–Crippen LogP) is 24.0. The molecule has 6 nitrogen and oxygen atoms in total. The summed E-state index contributed by atoms with van der Waals surface area (Å²) in [6.07, 6.45) is 92.9. The number of carbonyl (C=O) groups excluding carboxylic acids is 3. The molecule has 0 saturated carbocycles. The topological polar surface area (TPSA) is 78.9 Å². The highest BCUT2D eigenvalue weighted by molar-refractivity contribution is 5.71. The molecule has 0 saturated heterocycles. The third-order valence-electron chi connectivity index (χ3n) is 15.0. The Morgan fingerprint density at radius 3 is 0.802 bits per heavy atom. The van der Waals surface area contributed by atoms with Crippen molar-refractivity contribution in [2.75, 3.05) is 13.2 Å². The summed E-state index contributed by atoms with van der Waals surface area (Å²) in [4.78, 5) is 38.4. The van der Waals surface area contributed by atoms with Crippen LogP contribution in [-0.2, 0) is 28.6 Å². The summed E-state index contributed by atoms with van der Waals surface area (Å²) in [5, 5.41) is 0. The maximum Gasteiger partial charge on any atom is 0.306 e. The molecule has 0 heterocycles. The molecular weight excluding hydrogens is 997 g/mol. The van der Waals surface area contributed by atoms with Gasteiger partial charge >= 0.3 is 17.9 Å². The monoisotopic (exact) mass is 1130 g/mol. The number of allylic oxidation sites excluding steroid dienone is 16. The second kappa shape index (κ2) is 68.8. The molecule has 0 amide bonds. The van der Waals surface area contributed by atoms with Gasteiger partial charge in [0.2, 0.25) is 0 Å². The van der Waals surface area contributed by atoms with Gasteiger partial charge in [0.1, 0.15) is 13.2 Å². The van der Waals surface area contributed by atoms with Crippen molar-refractivity contribution in [3.05, 3.63) is 97.2 Å². The fraction of sp³-hybridized carbons (Fsp3) is 0.747. The molecule has 0 N–H and O–H groups in total. The van der Waals surface area contributed by atoms with Crippen LogP contribution in [0.2, 0.25) is 0 Å². The zero-order valence-corrected chi connectivity index (χ0v) is 53.5. The lowest BCUT2D eigenvalue weighted by atomic mass is 10.0. The Labute approximate surface area is 502 Å². The number of hydrogen-bond donors (Lipinski definition) is 0. The quantitative estimate of drug-likeness (QED) is 0.0261. The number of carbonyl (C=O) groups is 3. The van der Waals surface area contributed by atoms with Crippen LogP contribution in [0.4, 0.5) is 0 Å². The van der Waals surface area contributed by atoms with E-state index in [1.807, 2.05) is 0 Å². The smallest absolute Gasteiger partial charge is 0.306 e. The van der Waals surface area contributed by atoms with E-state index in [-0.39, 0.29) is 31.1 Å². The molecule has 0 bridgehead atoms. The van der Waals surface area contributed by atoms with E-state index in [2.05, 4.69) is 118 Å². The molecular formula is C75H130O6. The molecule has 81 heavy (non-hydrogen) atoms. The second-order valence-electron chi connectivity index (χ2n) is 23.1. The lowest BCUT2D eigenvalue weighted by Gasteiger charge is -2.18. The van der Waals surface area contributed by atoms with E-state index in [0.717, 1.165) is 103 Å². The first-order valence-corrected chi connectivity index (χ1v) is 34.7. The lowest BCUT2D eigenvalue weighted by molar-refractivity contribution is -0.167. The molecule has 6 heteroatoms. The molecule has 1 atom stereocenters. The first-order chi connectivity index (χ1) is 40.0. The van der Waals surface area contributed by atoms with Gasteiger partial charge in [-0.15, -0.1) is 0 Å². The molecule has 1 unspecified atom stereocenters. The molecule has 0 aliphatic rings. The Morgan fingerprint density at radius 1 is 0.259 bits per heavy atom. The van der Waals surface area contributed by atoms with E-state index in [9.17, 15) is 14.4 Å². The van der Waals surface area contributed by atoms with E-state index in [1.54, 1.807) is 0 Å². The summed E-state index contributed by atoms with van der Waals surface area (Å²) in [5.74, 6) is -0.880. The van der Waals surface area contributed by atoms with Crippen molar-refractivity contribution in [3.8, 4) is 0 Å². The van der Waals surface area contributed by atoms with Gasteiger partial charge < -0.3 is 14.2 Å². The lowest BCUT2D eigenvalue weighted by Crippen LogP contribution is -2.30. The maximum absolute atomic E-state index is 12.9. The van der Waals surface area contributed by atoms with Crippen LogP contribution in [0.3, 0.4) is 0 Å². The predicted molar refractivity (Wildman–Crippen MR) is 353 cm³/mol. The minimum Gasteiger partial charge on any atom is -0.462 e. The number of esters is 3. The SMILES string of the molecule is CC/C=C\C/C=C\C/C=C\C/C=C\C/C=C\CCCCCCCCCCCCCC(=O)OCC(COC(=O)CCCCCCC/C=C\CCCC)OC(=O)CCCCCCCCCCCCCCC/C=C\C/C=C\CCCCCCC. The maximum atomic E-state index is 12.9. The molecule has 0 aromatic heterocycles. The zero-order valence-electron chi connectivity index (χ0n) is 53.5. The van der Waals surface area contributed by atoms with E-state index in [1.165, 1.54) is 199 Å². The van der Waals surface area contributed by atoms with Gasteiger partial charge in [-0.3, -0.25) is 14.4 Å². The highest BCUT2D eigenvalue weighted by Crippen LogP contribution is 2.17. The van der Waals surface area contributed by atoms with Crippen molar-refractivity contribution in [2.45, 2.75) is 348 Å². The van der Waals surface area contributed by atoms with Crippen LogP contribution in [-0.4, -0.2) is 37.2 Å². The number of rotatable bonds is 63. The Balaban J connectivity index is 4.24. The van der Waals surface area contributed by atoms with Crippen molar-refractivity contribution in [1.29, 1.82) is 0 Å². The van der Waals surface area contributed by atoms with Crippen LogP contribution in [0.15, 0.2) is 97.2 Å². The van der Waals surface area contributed by atoms with Gasteiger partial charge in [-0.1, -0.05) is 304 Å². The van der Waals surface area contributed by atoms with Crippen molar-refractivity contribution in [1.82, 2.24) is 0 Å². The van der Waals surface area contributed by atoms with Crippen LogP contribution in [0, 0.1) is 0 Å². The Kier molecular flexibility index (Phi) is 65.7. The van der Waals surface area contributed by atoms with Crippen molar-refractivity contribution < 1.29 is 28.6 Å². The Morgan fingerprint density at radius 2 is 0.494 bits per heavy atom. The molecule has 0 aliphatic carbocycles. The average Bonchev–Trinajstić information content (AvgIpc) is 3.47. The van der Waals surface area contributed by atoms with Crippen molar-refractivity contribution in [2.24, 2.45) is 0 Å². The molecule has 0 aliphatic heterocycles. The fourth-order valence-electron chi connectivity index (χ4n) is 9.84. The fourth-order valence-corrected chi connectivity index (χ4v) is 9.84. The van der Waals surface area contributed by atoms with E-state index in [4.69, 9.17) is 14.2 Å². The average molecular weight is 1130 g/mol. The Hall–Kier alpha value is -3.67. The normalized spacial score (nSPS) is 12.7. The third kappa shape index (κ3) is 67.0. The molecule has 0 radical (unpaired) electrons. The van der Waals surface area contributed by atoms with Gasteiger partial charge in [0, 0.05) is 19.3 Å². The first-order valence-electron chi connectivity index (χ1n) is 34.7. The first kappa shape index (κ1) is 77.3. The van der Waals surface area contributed by atoms with E-state index in [0.29, 0.717) is 19.3 Å². The Bertz CT molecular complexity index is 1580. The van der Waals surface area contributed by atoms with Gasteiger partial charge in [0.15, 0.2) is 6.10 Å². The van der Waals surface area contributed by atoms with Gasteiger partial charge in [-0.05, 0) is 116 Å². The minimum atomic E-state index is -0.783. The summed E-state index contributed by atoms with van der Waals surface area (Å²) in [7, 11) is 0. The summed E-state index contributed by atoms with van der Waals surface area (Å²) >= 11 is 0. The van der Waals surface area contributed by atoms with Crippen molar-refractivity contribution >= 4 is 17.9 Å². The number of unbranched alkanes of at least 4 members (excludes halogenated alkanes) is 36. The van der Waals surface area contributed by atoms with E-state index < -0.39 is 6.10 Å². The largest absolute Gasteiger partial charge is 0.462 e. The van der Waals surface area contributed by atoms with Gasteiger partial charge in [0.25, 0.3) is 0 Å². The van der Waals surface area contributed by atoms with Crippen LogP contribution >= 0.6 is 0 Å². The molecule has 0 spiro atoms. The van der Waals surface area contributed by atoms with Gasteiger partial charge in [0.05, 0.1) is 0 Å². The van der Waals surface area contributed by atoms with Crippen LogP contribution < -0.4 is 0 Å². The zero-order chi connectivity index (χ0) is 58.5. The summed E-state index contributed by atoms with van der Waals surface area (Å²) in [6, 6.07) is 0. The third-order valence-corrected chi connectivity index (χ3v) is 15.0. The van der Waals surface area contributed by atoms with Gasteiger partial charge in [-0.25, -0.2) is 0 Å². The van der Waals surface area contributed by atoms with Gasteiger partial charge in [-0.2, -0.15) is 0 Å². The molecule has 0 fully saturated rings. The summed E-state index contributed by atoms with van der Waals surface area (Å²) in [6.45, 7) is 6.50. The summed E-state index contributed by atoms with van der Waals surface area (Å²) in [5.41, 5.74) is 0. The van der Waals surface area contributed by atoms with Crippen LogP contribution in [0.1, 0.15) is 342 Å². The molecule has 0 aromatic rings. The minimum absolute atomic E-state index is 0.0800. The second-order valence-corrected chi connectivity index (χ2v) is 23.1. The van der Waals surface area contributed by atoms with Crippen LogP contribution in [0.25, 0.3) is 0 Å². The summed E-state index contributed by atoms with van der Waals surface area (Å²) < 4.78 is 16.9. The van der Waals surface area contributed by atoms with Crippen molar-refractivity contribution in [3.63, 3.8) is 0 Å². The molecule has 466 valence electrons. The molecule has 0 aromatic carbocycles. The van der Waals surface area contributed by atoms with E-state index >= 15 is 0 Å². The standard InChI is InChI=1S/C75H130O6/c1-4-7-10-13-16-19-22-24-26-28-30-32-34-36-37-39-40-42-44-46-48-50-53-56-59-62-65-68-74(77)80-71-72(70-79-73(76)67-64-61-58-55-52-21-18-15-12-9-6-3)81-75(78)69-66-63-60-57-54-51-49-47-45-43-41-38-35-33-31-29-27-25-23-20-17-14-11-8-5-2/h7,10,15-16,18-19,23-26,29-32,36-37,72H,4-6,8-9,11-14,17,20-22,27-28,33-35,38-71H2,1-3H3/b10-7-,18-15-,19-16-,25-23-,26-24-,31-29-,32-30-,37-36-. The number of ether oxygens (including phenoxy) is 3. The van der Waals surface area contributed by atoms with Crippen LogP contribution in [0.5, 0.6) is 0 Å². The highest BCUT2D eigenvalue weighted by atomic mass is 16.6.